The molecule has 0 amide bonds. The van der Waals surface area contributed by atoms with Gasteiger partial charge in [0, 0.05) is 35.6 Å². The van der Waals surface area contributed by atoms with Gasteiger partial charge in [-0.1, -0.05) is 0 Å². The second-order valence-electron chi connectivity index (χ2n) is 6.75. The van der Waals surface area contributed by atoms with Crippen LogP contribution in [0.2, 0.25) is 0 Å². The predicted octanol–water partition coefficient (Wildman–Crippen LogP) is 4.26. The van der Waals surface area contributed by atoms with Gasteiger partial charge in [-0.3, -0.25) is 4.79 Å². The first-order valence-electron chi connectivity index (χ1n) is 9.07. The summed E-state index contributed by atoms with van der Waals surface area (Å²) in [5.74, 6) is 1.39. The van der Waals surface area contributed by atoms with Crippen LogP contribution in [0, 0.1) is 0 Å². The quantitative estimate of drug-likeness (QED) is 0.521. The van der Waals surface area contributed by atoms with Crippen LogP contribution in [0.3, 0.4) is 0 Å². The number of anilines is 2. The smallest absolute Gasteiger partial charge is 0.431 e. The number of nitrogens with one attached hydrogen (secondary N) is 1. The number of aromatic nitrogens is 3. The van der Waals surface area contributed by atoms with Gasteiger partial charge in [0.15, 0.2) is 16.9 Å². The van der Waals surface area contributed by atoms with Gasteiger partial charge in [-0.05, 0) is 24.3 Å². The Morgan fingerprint density at radius 1 is 0.968 bits per heavy atom. The molecule has 0 aliphatic heterocycles. The van der Waals surface area contributed by atoms with Crippen molar-refractivity contribution in [1.82, 2.24) is 14.5 Å². The SMILES string of the molecule is COc1cc2ncnc(Nc3ccc4c(=O)cc(C(F)(F)F)n(C)c4c3)c2cc1OC. The summed E-state index contributed by atoms with van der Waals surface area (Å²) in [6.07, 6.45) is -3.29. The maximum absolute atomic E-state index is 13.3. The van der Waals surface area contributed by atoms with E-state index >= 15 is 0 Å². The van der Waals surface area contributed by atoms with E-state index in [4.69, 9.17) is 9.47 Å². The summed E-state index contributed by atoms with van der Waals surface area (Å²) in [5.41, 5.74) is -0.537. The van der Waals surface area contributed by atoms with Gasteiger partial charge >= 0.3 is 6.18 Å². The molecule has 10 heteroatoms. The zero-order valence-corrected chi connectivity index (χ0v) is 16.7. The zero-order valence-electron chi connectivity index (χ0n) is 16.7. The van der Waals surface area contributed by atoms with E-state index in [2.05, 4.69) is 15.3 Å². The molecule has 0 aliphatic carbocycles. The number of aryl methyl sites for hydroxylation is 1. The summed E-state index contributed by atoms with van der Waals surface area (Å²) < 4.78 is 51.5. The minimum atomic E-state index is -4.65. The highest BCUT2D eigenvalue weighted by Gasteiger charge is 2.34. The Bertz CT molecular complexity index is 1370. The maximum Gasteiger partial charge on any atom is 0.431 e. The monoisotopic (exact) mass is 430 g/mol. The molecule has 0 saturated heterocycles. The van der Waals surface area contributed by atoms with Crippen molar-refractivity contribution in [3.8, 4) is 11.5 Å². The van der Waals surface area contributed by atoms with E-state index < -0.39 is 17.3 Å². The number of hydrogen-bond donors (Lipinski definition) is 1. The van der Waals surface area contributed by atoms with Crippen LogP contribution >= 0.6 is 0 Å². The van der Waals surface area contributed by atoms with Crippen LogP contribution in [0.15, 0.2) is 47.5 Å². The molecule has 0 fully saturated rings. The summed E-state index contributed by atoms with van der Waals surface area (Å²) in [7, 11) is 4.28. The molecule has 0 atom stereocenters. The van der Waals surface area contributed by atoms with Gasteiger partial charge in [-0.2, -0.15) is 13.2 Å². The Kier molecular flexibility index (Phi) is 4.92. The van der Waals surface area contributed by atoms with Crippen molar-refractivity contribution in [3.63, 3.8) is 0 Å². The van der Waals surface area contributed by atoms with Crippen molar-refractivity contribution in [1.29, 1.82) is 0 Å². The van der Waals surface area contributed by atoms with Gasteiger partial charge in [0.05, 0.1) is 25.3 Å². The van der Waals surface area contributed by atoms with E-state index in [0.717, 1.165) is 4.57 Å². The van der Waals surface area contributed by atoms with Gasteiger partial charge in [0.1, 0.15) is 17.8 Å². The number of ether oxygens (including phenoxy) is 2. The van der Waals surface area contributed by atoms with E-state index in [9.17, 15) is 18.0 Å². The summed E-state index contributed by atoms with van der Waals surface area (Å²) in [4.78, 5) is 20.7. The van der Waals surface area contributed by atoms with Crippen molar-refractivity contribution in [3.05, 3.63) is 58.6 Å². The van der Waals surface area contributed by atoms with Crippen LogP contribution in [-0.4, -0.2) is 28.8 Å². The lowest BCUT2D eigenvalue weighted by atomic mass is 10.1. The number of hydrogen-bond acceptors (Lipinski definition) is 6. The van der Waals surface area contributed by atoms with Crippen LogP contribution in [0.1, 0.15) is 5.69 Å². The first-order valence-corrected chi connectivity index (χ1v) is 9.07. The molecule has 160 valence electrons. The number of halogens is 3. The molecule has 0 spiro atoms. The lowest BCUT2D eigenvalue weighted by molar-refractivity contribution is -0.143. The fraction of sp³-hybridized carbons (Fsp3) is 0.190. The second-order valence-corrected chi connectivity index (χ2v) is 6.75. The highest BCUT2D eigenvalue weighted by atomic mass is 19.4. The Morgan fingerprint density at radius 3 is 2.35 bits per heavy atom. The van der Waals surface area contributed by atoms with E-state index in [1.165, 1.54) is 39.7 Å². The molecule has 1 N–H and O–H groups in total. The van der Waals surface area contributed by atoms with E-state index in [1.807, 2.05) is 0 Å². The Morgan fingerprint density at radius 2 is 1.68 bits per heavy atom. The first kappa shape index (κ1) is 20.5. The van der Waals surface area contributed by atoms with Crippen molar-refractivity contribution in [2.24, 2.45) is 7.05 Å². The maximum atomic E-state index is 13.3. The highest BCUT2D eigenvalue weighted by molar-refractivity contribution is 5.94. The van der Waals surface area contributed by atoms with Gasteiger partial charge < -0.3 is 19.4 Å². The first-order chi connectivity index (χ1) is 14.7. The van der Waals surface area contributed by atoms with Gasteiger partial charge in [-0.15, -0.1) is 0 Å². The van der Waals surface area contributed by atoms with Crippen LogP contribution in [-0.2, 0) is 13.2 Å². The molecule has 0 saturated carbocycles. The average Bonchev–Trinajstić information content (AvgIpc) is 2.74. The number of methoxy groups -OCH3 is 2. The summed E-state index contributed by atoms with van der Waals surface area (Å²) in [6.45, 7) is 0. The van der Waals surface area contributed by atoms with E-state index in [0.29, 0.717) is 40.0 Å². The molecular weight excluding hydrogens is 413 g/mol. The molecular formula is C21H17F3N4O3. The van der Waals surface area contributed by atoms with Crippen molar-refractivity contribution in [2.45, 2.75) is 6.18 Å². The molecule has 31 heavy (non-hydrogen) atoms. The van der Waals surface area contributed by atoms with Gasteiger partial charge in [-0.25, -0.2) is 9.97 Å². The van der Waals surface area contributed by atoms with Gasteiger partial charge in [0.2, 0.25) is 0 Å². The summed E-state index contributed by atoms with van der Waals surface area (Å²) >= 11 is 0. The topological polar surface area (TPSA) is 78.3 Å². The number of fused-ring (bicyclic) bond motifs is 2. The van der Waals surface area contributed by atoms with Crippen LogP contribution < -0.4 is 20.2 Å². The molecule has 4 aromatic rings. The Labute approximate surface area is 174 Å². The van der Waals surface area contributed by atoms with Crippen LogP contribution in [0.4, 0.5) is 24.7 Å². The third kappa shape index (κ3) is 3.60. The van der Waals surface area contributed by atoms with Crippen molar-refractivity contribution >= 4 is 33.3 Å². The van der Waals surface area contributed by atoms with Crippen LogP contribution in [0.5, 0.6) is 11.5 Å². The largest absolute Gasteiger partial charge is 0.493 e. The highest BCUT2D eigenvalue weighted by Crippen LogP contribution is 2.35. The summed E-state index contributed by atoms with van der Waals surface area (Å²) in [5, 5.41) is 3.89. The van der Waals surface area contributed by atoms with Crippen LogP contribution in [0.25, 0.3) is 21.8 Å². The average molecular weight is 430 g/mol. The predicted molar refractivity (Wildman–Crippen MR) is 110 cm³/mol. The third-order valence-corrected chi connectivity index (χ3v) is 4.95. The molecule has 2 aromatic heterocycles. The Balaban J connectivity index is 1.84. The molecule has 2 heterocycles. The molecule has 0 aliphatic rings. The number of pyridine rings is 1. The van der Waals surface area contributed by atoms with E-state index in [1.54, 1.807) is 18.2 Å². The van der Waals surface area contributed by atoms with Gasteiger partial charge in [0.25, 0.3) is 0 Å². The van der Waals surface area contributed by atoms with Crippen molar-refractivity contribution in [2.75, 3.05) is 19.5 Å². The minimum absolute atomic E-state index is 0.141. The lowest BCUT2D eigenvalue weighted by Gasteiger charge is -2.16. The lowest BCUT2D eigenvalue weighted by Crippen LogP contribution is -2.19. The van der Waals surface area contributed by atoms with Crippen molar-refractivity contribution < 1.29 is 22.6 Å². The molecule has 0 unspecified atom stereocenters. The molecule has 0 radical (unpaired) electrons. The number of rotatable bonds is 4. The number of nitrogens with zero attached hydrogens (tertiary/aromatic N) is 3. The second kappa shape index (κ2) is 7.46. The number of benzene rings is 2. The summed E-state index contributed by atoms with van der Waals surface area (Å²) in [6, 6.07) is 8.56. The minimum Gasteiger partial charge on any atom is -0.493 e. The normalized spacial score (nSPS) is 11.7. The number of alkyl halides is 3. The molecule has 4 rings (SSSR count). The molecule has 2 aromatic carbocycles. The fourth-order valence-electron chi connectivity index (χ4n) is 3.42. The fourth-order valence-corrected chi connectivity index (χ4v) is 3.42. The Hall–Kier alpha value is -3.82. The van der Waals surface area contributed by atoms with E-state index in [-0.39, 0.29) is 10.9 Å². The zero-order chi connectivity index (χ0) is 22.3. The standard InChI is InChI=1S/C21H17F3N4O3/c1-28-15-6-11(4-5-12(15)16(29)9-19(28)21(22,23)24)27-20-13-7-17(30-2)18(31-3)8-14(13)25-10-26-20/h4-10H,1-3H3,(H,25,26,27). The third-order valence-electron chi connectivity index (χ3n) is 4.95. The molecule has 0 bridgehead atoms. The molecule has 7 nitrogen and oxygen atoms in total.